The molecule has 0 atom stereocenters. The van der Waals surface area contributed by atoms with Crippen molar-refractivity contribution in [1.29, 1.82) is 0 Å². The van der Waals surface area contributed by atoms with Gasteiger partial charge >= 0.3 is 6.01 Å². The Kier molecular flexibility index (Phi) is 5.62. The largest absolute Gasteiger partial charge is 0.494 e. The van der Waals surface area contributed by atoms with Crippen molar-refractivity contribution in [3.63, 3.8) is 0 Å². The average molecular weight is 412 g/mol. The van der Waals surface area contributed by atoms with E-state index in [0.29, 0.717) is 44.0 Å². The molecule has 4 rings (SSSR count). The van der Waals surface area contributed by atoms with Crippen molar-refractivity contribution in [3.05, 3.63) is 29.3 Å². The van der Waals surface area contributed by atoms with Gasteiger partial charge in [-0.15, -0.1) is 5.10 Å². The summed E-state index contributed by atoms with van der Waals surface area (Å²) in [6, 6.07) is 6.39. The van der Waals surface area contributed by atoms with Crippen molar-refractivity contribution < 1.29 is 18.6 Å². The molecular weight excluding hydrogens is 384 g/mol. The first-order valence-corrected chi connectivity index (χ1v) is 10.2. The van der Waals surface area contributed by atoms with Crippen molar-refractivity contribution in [1.82, 2.24) is 15.2 Å². The zero-order valence-electron chi connectivity index (χ0n) is 18.1. The Hall–Kier alpha value is -2.71. The molecule has 0 unspecified atom stereocenters. The Balaban J connectivity index is 1.69. The van der Waals surface area contributed by atoms with E-state index in [2.05, 4.69) is 49.3 Å². The molecule has 2 aromatic heterocycles. The standard InChI is InChI=1S/C22H28N4O4/c1-6-27-14-10-15-13(2)9-17(24-19(15)16(11-14)22(3,4)5)20-25-26-21(30-20)23-12-18-28-7-8-29-18/h9-11,18H,6-8,12H2,1-5H3,(H,23,26). The third-order valence-corrected chi connectivity index (χ3v) is 4.97. The van der Waals surface area contributed by atoms with Gasteiger partial charge in [-0.05, 0) is 48.6 Å². The molecule has 1 aliphatic rings. The van der Waals surface area contributed by atoms with Gasteiger partial charge in [-0.3, -0.25) is 0 Å². The molecule has 8 heteroatoms. The summed E-state index contributed by atoms with van der Waals surface area (Å²) in [6.45, 7) is 12.8. The minimum atomic E-state index is -0.296. The Morgan fingerprint density at radius 3 is 2.60 bits per heavy atom. The number of aromatic nitrogens is 3. The van der Waals surface area contributed by atoms with Gasteiger partial charge in [0.1, 0.15) is 11.4 Å². The van der Waals surface area contributed by atoms with Crippen molar-refractivity contribution in [2.24, 2.45) is 0 Å². The van der Waals surface area contributed by atoms with Crippen LogP contribution in [0, 0.1) is 6.92 Å². The number of rotatable bonds is 6. The highest BCUT2D eigenvalue weighted by Gasteiger charge is 2.22. The summed E-state index contributed by atoms with van der Waals surface area (Å²) >= 11 is 0. The Morgan fingerprint density at radius 2 is 1.90 bits per heavy atom. The predicted molar refractivity (Wildman–Crippen MR) is 114 cm³/mol. The molecule has 0 bridgehead atoms. The maximum absolute atomic E-state index is 5.79. The smallest absolute Gasteiger partial charge is 0.315 e. The number of hydrogen-bond donors (Lipinski definition) is 1. The summed E-state index contributed by atoms with van der Waals surface area (Å²) in [5.41, 5.74) is 3.64. The molecule has 1 fully saturated rings. The van der Waals surface area contributed by atoms with Crippen LogP contribution in [-0.4, -0.2) is 47.8 Å². The van der Waals surface area contributed by atoms with Crippen LogP contribution in [0.3, 0.4) is 0 Å². The van der Waals surface area contributed by atoms with Gasteiger partial charge in [0.2, 0.25) is 0 Å². The number of pyridine rings is 1. The number of anilines is 1. The van der Waals surface area contributed by atoms with Gasteiger partial charge in [-0.1, -0.05) is 25.9 Å². The fourth-order valence-corrected chi connectivity index (χ4v) is 3.49. The molecular formula is C22H28N4O4. The lowest BCUT2D eigenvalue weighted by molar-refractivity contribution is -0.0302. The SMILES string of the molecule is CCOc1cc(C(C)(C)C)c2nc(-c3nnc(NCC4OCCO4)o3)cc(C)c2c1. The van der Waals surface area contributed by atoms with Crippen molar-refractivity contribution >= 4 is 16.9 Å². The van der Waals surface area contributed by atoms with Gasteiger partial charge in [-0.2, -0.15) is 0 Å². The number of nitrogens with one attached hydrogen (secondary N) is 1. The third-order valence-electron chi connectivity index (χ3n) is 4.97. The minimum absolute atomic E-state index is 0.105. The molecule has 8 nitrogen and oxygen atoms in total. The number of aryl methyl sites for hydroxylation is 1. The molecule has 1 saturated heterocycles. The minimum Gasteiger partial charge on any atom is -0.494 e. The maximum Gasteiger partial charge on any atom is 0.315 e. The molecule has 1 aromatic carbocycles. The first-order valence-electron chi connectivity index (χ1n) is 10.2. The van der Waals surface area contributed by atoms with Gasteiger partial charge in [-0.25, -0.2) is 4.98 Å². The molecule has 0 radical (unpaired) electrons. The zero-order chi connectivity index (χ0) is 21.3. The van der Waals surface area contributed by atoms with E-state index in [1.165, 1.54) is 0 Å². The Bertz CT molecular complexity index is 1040. The summed E-state index contributed by atoms with van der Waals surface area (Å²) in [6.07, 6.45) is -0.296. The molecule has 160 valence electrons. The van der Waals surface area contributed by atoms with Crippen LogP contribution in [0.4, 0.5) is 6.01 Å². The number of fused-ring (bicyclic) bond motifs is 1. The summed E-state index contributed by atoms with van der Waals surface area (Å²) in [5.74, 6) is 1.22. The van der Waals surface area contributed by atoms with Crippen molar-refractivity contribution in [2.45, 2.75) is 46.3 Å². The average Bonchev–Trinajstić information content (AvgIpc) is 3.37. The van der Waals surface area contributed by atoms with E-state index in [1.54, 1.807) is 0 Å². The Labute approximate surface area is 175 Å². The van der Waals surface area contributed by atoms with Gasteiger partial charge in [0, 0.05) is 5.39 Å². The first-order chi connectivity index (χ1) is 14.3. The second-order valence-corrected chi connectivity index (χ2v) is 8.34. The molecule has 1 N–H and O–H groups in total. The first kappa shape index (κ1) is 20.6. The van der Waals surface area contributed by atoms with Crippen LogP contribution < -0.4 is 10.1 Å². The van der Waals surface area contributed by atoms with E-state index in [9.17, 15) is 0 Å². The lowest BCUT2D eigenvalue weighted by Crippen LogP contribution is -2.20. The molecule has 0 aliphatic carbocycles. The van der Waals surface area contributed by atoms with Crippen LogP contribution in [0.2, 0.25) is 0 Å². The monoisotopic (exact) mass is 412 g/mol. The van der Waals surface area contributed by atoms with Gasteiger partial charge in [0.05, 0.1) is 31.9 Å². The van der Waals surface area contributed by atoms with E-state index in [0.717, 1.165) is 27.8 Å². The molecule has 0 amide bonds. The molecule has 1 aliphatic heterocycles. The van der Waals surface area contributed by atoms with Crippen LogP contribution in [-0.2, 0) is 14.9 Å². The van der Waals surface area contributed by atoms with Crippen molar-refractivity contribution in [2.75, 3.05) is 31.7 Å². The van der Waals surface area contributed by atoms with E-state index >= 15 is 0 Å². The van der Waals surface area contributed by atoms with Gasteiger partial charge in [0.15, 0.2) is 6.29 Å². The van der Waals surface area contributed by atoms with Crippen molar-refractivity contribution in [3.8, 4) is 17.3 Å². The van der Waals surface area contributed by atoms with Crippen LogP contribution in [0.5, 0.6) is 5.75 Å². The highest BCUT2D eigenvalue weighted by Crippen LogP contribution is 2.36. The fourth-order valence-electron chi connectivity index (χ4n) is 3.49. The van der Waals surface area contributed by atoms with Gasteiger partial charge in [0.25, 0.3) is 5.89 Å². The second kappa shape index (κ2) is 8.20. The molecule has 0 spiro atoms. The summed E-state index contributed by atoms with van der Waals surface area (Å²) in [4.78, 5) is 4.90. The Morgan fingerprint density at radius 1 is 1.13 bits per heavy atom. The summed E-state index contributed by atoms with van der Waals surface area (Å²) in [5, 5.41) is 12.4. The highest BCUT2D eigenvalue weighted by molar-refractivity contribution is 5.89. The van der Waals surface area contributed by atoms with E-state index in [1.807, 2.05) is 19.1 Å². The topological polar surface area (TPSA) is 91.5 Å². The van der Waals surface area contributed by atoms with Crippen LogP contribution >= 0.6 is 0 Å². The number of hydrogen-bond acceptors (Lipinski definition) is 8. The summed E-state index contributed by atoms with van der Waals surface area (Å²) < 4.78 is 22.4. The predicted octanol–water partition coefficient (Wildman–Crippen LogP) is 4.07. The molecule has 0 saturated carbocycles. The number of nitrogens with zero attached hydrogens (tertiary/aromatic N) is 3. The second-order valence-electron chi connectivity index (χ2n) is 8.34. The zero-order valence-corrected chi connectivity index (χ0v) is 18.1. The van der Waals surface area contributed by atoms with Crippen LogP contribution in [0.15, 0.2) is 22.6 Å². The van der Waals surface area contributed by atoms with Gasteiger partial charge < -0.3 is 23.9 Å². The third kappa shape index (κ3) is 4.24. The molecule has 30 heavy (non-hydrogen) atoms. The van der Waals surface area contributed by atoms with E-state index in [-0.39, 0.29) is 11.7 Å². The number of ether oxygens (including phenoxy) is 3. The van der Waals surface area contributed by atoms with E-state index in [4.69, 9.17) is 23.6 Å². The molecule has 3 heterocycles. The van der Waals surface area contributed by atoms with E-state index < -0.39 is 0 Å². The normalized spacial score (nSPS) is 15.1. The lowest BCUT2D eigenvalue weighted by Gasteiger charge is -2.22. The summed E-state index contributed by atoms with van der Waals surface area (Å²) in [7, 11) is 0. The highest BCUT2D eigenvalue weighted by atomic mass is 16.7. The quantitative estimate of drug-likeness (QED) is 0.648. The lowest BCUT2D eigenvalue weighted by atomic mass is 9.84. The molecule has 3 aromatic rings. The van der Waals surface area contributed by atoms with Crippen LogP contribution in [0.1, 0.15) is 38.8 Å². The maximum atomic E-state index is 5.79. The van der Waals surface area contributed by atoms with Crippen LogP contribution in [0.25, 0.3) is 22.5 Å². The number of benzene rings is 1. The fraction of sp³-hybridized carbons (Fsp3) is 0.500.